The number of rotatable bonds is 3. The van der Waals surface area contributed by atoms with Crippen LogP contribution in [0.5, 0.6) is 0 Å². The molecule has 2 rings (SSSR count). The van der Waals surface area contributed by atoms with Crippen LogP contribution in [-0.2, 0) is 10.0 Å². The fourth-order valence-electron chi connectivity index (χ4n) is 1.50. The van der Waals surface area contributed by atoms with Crippen molar-refractivity contribution in [2.75, 3.05) is 5.73 Å². The van der Waals surface area contributed by atoms with Gasteiger partial charge in [0, 0.05) is 16.8 Å². The molecule has 1 aliphatic rings. The smallest absolute Gasteiger partial charge is 0.241 e. The maximum atomic E-state index is 13.4. The first-order chi connectivity index (χ1) is 7.73. The second-order valence-electron chi connectivity index (χ2n) is 4.79. The zero-order valence-electron chi connectivity index (χ0n) is 9.75. The van der Waals surface area contributed by atoms with Crippen LogP contribution >= 0.6 is 0 Å². The number of anilines is 1. The molecule has 0 bridgehead atoms. The van der Waals surface area contributed by atoms with Gasteiger partial charge in [-0.05, 0) is 38.8 Å². The summed E-state index contributed by atoms with van der Waals surface area (Å²) in [5.74, 6) is -0.605. The molecule has 1 saturated carbocycles. The minimum absolute atomic E-state index is 0.119. The van der Waals surface area contributed by atoms with Crippen molar-refractivity contribution in [2.24, 2.45) is 0 Å². The lowest BCUT2D eigenvalue weighted by Gasteiger charge is -2.13. The number of hydrogen-bond acceptors (Lipinski definition) is 3. The monoisotopic (exact) mass is 258 g/mol. The predicted molar refractivity (Wildman–Crippen MR) is 63.5 cm³/mol. The Morgan fingerprint density at radius 1 is 1.41 bits per heavy atom. The molecule has 0 spiro atoms. The molecule has 1 aliphatic carbocycles. The SMILES string of the molecule is Cc1c(N)cc(S(=O)(=O)NC2(C)CC2)cc1F. The standard InChI is InChI=1S/C11H15FN2O2S/c1-7-9(12)5-8(6-10(7)13)17(15,16)14-11(2)3-4-11/h5-6,14H,3-4,13H2,1-2H3. The van der Waals surface area contributed by atoms with Gasteiger partial charge in [-0.3, -0.25) is 0 Å². The molecule has 6 heteroatoms. The summed E-state index contributed by atoms with van der Waals surface area (Å²) in [6, 6.07) is 2.28. The Labute approximate surface area is 100 Å². The average molecular weight is 258 g/mol. The molecule has 0 unspecified atom stereocenters. The third-order valence-corrected chi connectivity index (χ3v) is 4.67. The lowest BCUT2D eigenvalue weighted by molar-refractivity contribution is 0.555. The molecule has 1 aromatic rings. The van der Waals surface area contributed by atoms with Crippen LogP contribution in [0.15, 0.2) is 17.0 Å². The minimum atomic E-state index is -3.69. The van der Waals surface area contributed by atoms with Gasteiger partial charge >= 0.3 is 0 Å². The van der Waals surface area contributed by atoms with Crippen LogP contribution in [0.1, 0.15) is 25.3 Å². The summed E-state index contributed by atoms with van der Waals surface area (Å²) >= 11 is 0. The number of benzene rings is 1. The van der Waals surface area contributed by atoms with Crippen LogP contribution in [0.25, 0.3) is 0 Å². The highest BCUT2D eigenvalue weighted by Crippen LogP contribution is 2.36. The van der Waals surface area contributed by atoms with Crippen LogP contribution in [-0.4, -0.2) is 14.0 Å². The highest BCUT2D eigenvalue weighted by atomic mass is 32.2. The van der Waals surface area contributed by atoms with E-state index in [0.29, 0.717) is 0 Å². The van der Waals surface area contributed by atoms with E-state index >= 15 is 0 Å². The lowest BCUT2D eigenvalue weighted by atomic mass is 10.2. The highest BCUT2D eigenvalue weighted by Gasteiger charge is 2.41. The van der Waals surface area contributed by atoms with E-state index in [4.69, 9.17) is 5.73 Å². The van der Waals surface area contributed by atoms with Crippen LogP contribution in [0.3, 0.4) is 0 Å². The van der Waals surface area contributed by atoms with Gasteiger partial charge in [0.25, 0.3) is 0 Å². The Balaban J connectivity index is 2.39. The van der Waals surface area contributed by atoms with Crippen molar-refractivity contribution in [3.63, 3.8) is 0 Å². The number of nitrogen functional groups attached to an aromatic ring is 1. The molecule has 0 radical (unpaired) electrons. The first kappa shape index (κ1) is 12.3. The summed E-state index contributed by atoms with van der Waals surface area (Å²) in [4.78, 5) is -0.119. The van der Waals surface area contributed by atoms with Crippen LogP contribution in [0, 0.1) is 12.7 Å². The summed E-state index contributed by atoms with van der Waals surface area (Å²) in [7, 11) is -3.69. The zero-order valence-corrected chi connectivity index (χ0v) is 10.6. The Hall–Kier alpha value is -1.14. The van der Waals surface area contributed by atoms with E-state index in [-0.39, 0.29) is 21.7 Å². The number of nitrogens with two attached hydrogens (primary N) is 1. The molecule has 0 atom stereocenters. The van der Waals surface area contributed by atoms with Crippen molar-refractivity contribution in [1.82, 2.24) is 4.72 Å². The fourth-order valence-corrected chi connectivity index (χ4v) is 3.01. The second-order valence-corrected chi connectivity index (χ2v) is 6.47. The van der Waals surface area contributed by atoms with Gasteiger partial charge in [-0.2, -0.15) is 0 Å². The van der Waals surface area contributed by atoms with Crippen molar-refractivity contribution < 1.29 is 12.8 Å². The van der Waals surface area contributed by atoms with E-state index in [9.17, 15) is 12.8 Å². The highest BCUT2D eigenvalue weighted by molar-refractivity contribution is 7.89. The topological polar surface area (TPSA) is 72.2 Å². The maximum Gasteiger partial charge on any atom is 0.241 e. The van der Waals surface area contributed by atoms with Gasteiger partial charge in [-0.1, -0.05) is 0 Å². The molecule has 17 heavy (non-hydrogen) atoms. The molecule has 0 amide bonds. The minimum Gasteiger partial charge on any atom is -0.398 e. The van der Waals surface area contributed by atoms with Gasteiger partial charge in [0.05, 0.1) is 4.90 Å². The molecule has 4 nitrogen and oxygen atoms in total. The molecule has 3 N–H and O–H groups in total. The van der Waals surface area contributed by atoms with E-state index in [1.54, 1.807) is 0 Å². The summed E-state index contributed by atoms with van der Waals surface area (Å²) in [6.07, 6.45) is 1.60. The predicted octanol–water partition coefficient (Wildman–Crippen LogP) is 1.55. The van der Waals surface area contributed by atoms with E-state index in [1.807, 2.05) is 6.92 Å². The number of hydrogen-bond donors (Lipinski definition) is 2. The van der Waals surface area contributed by atoms with Crippen molar-refractivity contribution in [3.8, 4) is 0 Å². The lowest BCUT2D eigenvalue weighted by Crippen LogP contribution is -2.34. The van der Waals surface area contributed by atoms with Gasteiger partial charge in [-0.25, -0.2) is 17.5 Å². The van der Waals surface area contributed by atoms with Crippen molar-refractivity contribution in [2.45, 2.75) is 37.1 Å². The van der Waals surface area contributed by atoms with E-state index < -0.39 is 15.8 Å². The van der Waals surface area contributed by atoms with E-state index in [2.05, 4.69) is 4.72 Å². The van der Waals surface area contributed by atoms with Crippen molar-refractivity contribution in [1.29, 1.82) is 0 Å². The molecule has 0 aromatic heterocycles. The molecule has 0 aliphatic heterocycles. The number of sulfonamides is 1. The van der Waals surface area contributed by atoms with E-state index in [0.717, 1.165) is 18.9 Å². The van der Waals surface area contributed by atoms with Gasteiger partial charge in [0.2, 0.25) is 10.0 Å². The zero-order chi connectivity index (χ0) is 12.8. The molecule has 94 valence electrons. The van der Waals surface area contributed by atoms with E-state index in [1.165, 1.54) is 13.0 Å². The molecular weight excluding hydrogens is 243 g/mol. The Kier molecular flexibility index (Phi) is 2.67. The summed E-state index contributed by atoms with van der Waals surface area (Å²) in [5.41, 5.74) is 5.60. The maximum absolute atomic E-state index is 13.4. The number of halogens is 1. The summed E-state index contributed by atoms with van der Waals surface area (Å²) < 4.78 is 39.9. The van der Waals surface area contributed by atoms with Crippen molar-refractivity contribution >= 4 is 15.7 Å². The fraction of sp³-hybridized carbons (Fsp3) is 0.455. The van der Waals surface area contributed by atoms with Gasteiger partial charge in [-0.15, -0.1) is 0 Å². The average Bonchev–Trinajstić information content (AvgIpc) is 2.90. The Morgan fingerprint density at radius 2 is 2.00 bits per heavy atom. The van der Waals surface area contributed by atoms with Crippen LogP contribution in [0.2, 0.25) is 0 Å². The largest absolute Gasteiger partial charge is 0.398 e. The van der Waals surface area contributed by atoms with Crippen molar-refractivity contribution in [3.05, 3.63) is 23.5 Å². The molecule has 1 fully saturated rings. The quantitative estimate of drug-likeness (QED) is 0.808. The van der Waals surface area contributed by atoms with Gasteiger partial charge in [0.15, 0.2) is 0 Å². The summed E-state index contributed by atoms with van der Waals surface area (Å²) in [6.45, 7) is 3.33. The first-order valence-corrected chi connectivity index (χ1v) is 6.81. The Bertz CT molecular complexity index is 542. The third kappa shape index (κ3) is 2.42. The third-order valence-electron chi connectivity index (χ3n) is 3.05. The first-order valence-electron chi connectivity index (χ1n) is 5.33. The molecule has 1 aromatic carbocycles. The van der Waals surface area contributed by atoms with Crippen LogP contribution < -0.4 is 10.5 Å². The van der Waals surface area contributed by atoms with Gasteiger partial charge in [0.1, 0.15) is 5.82 Å². The van der Waals surface area contributed by atoms with Gasteiger partial charge < -0.3 is 5.73 Å². The summed E-state index contributed by atoms with van der Waals surface area (Å²) in [5, 5.41) is 0. The molecule has 0 heterocycles. The number of nitrogens with one attached hydrogen (secondary N) is 1. The second kappa shape index (κ2) is 3.68. The normalized spacial score (nSPS) is 18.1. The van der Waals surface area contributed by atoms with Crippen LogP contribution in [0.4, 0.5) is 10.1 Å². The molecular formula is C11H15FN2O2S. The Morgan fingerprint density at radius 3 is 2.47 bits per heavy atom. The molecule has 0 saturated heterocycles.